The summed E-state index contributed by atoms with van der Waals surface area (Å²) in [5, 5.41) is 1.12. The first-order valence-electron chi connectivity index (χ1n) is 4.81. The summed E-state index contributed by atoms with van der Waals surface area (Å²) in [5.41, 5.74) is 6.33. The average Bonchev–Trinajstić information content (AvgIpc) is 2.32. The van der Waals surface area contributed by atoms with Gasteiger partial charge in [-0.05, 0) is 11.6 Å². The van der Waals surface area contributed by atoms with Gasteiger partial charge >= 0.3 is 0 Å². The zero-order valence-corrected chi connectivity index (χ0v) is 10.3. The number of anilines is 1. The minimum Gasteiger partial charge on any atom is -0.381 e. The summed E-state index contributed by atoms with van der Waals surface area (Å²) in [6.07, 6.45) is 1.07. The van der Waals surface area contributed by atoms with E-state index in [0.29, 0.717) is 15.9 Å². The SMILES string of the molecule is Nc1nc(SCc2ccccc2Cl)ncc1F. The number of benzene rings is 1. The van der Waals surface area contributed by atoms with E-state index in [-0.39, 0.29) is 5.82 Å². The highest BCUT2D eigenvalue weighted by Gasteiger charge is 2.05. The van der Waals surface area contributed by atoms with Crippen LogP contribution in [0.1, 0.15) is 5.56 Å². The van der Waals surface area contributed by atoms with Crippen molar-refractivity contribution in [3.05, 3.63) is 46.9 Å². The highest BCUT2D eigenvalue weighted by Crippen LogP contribution is 2.24. The van der Waals surface area contributed by atoms with Gasteiger partial charge in [0.25, 0.3) is 0 Å². The van der Waals surface area contributed by atoms with Gasteiger partial charge in [0.1, 0.15) is 0 Å². The van der Waals surface area contributed by atoms with E-state index in [1.54, 1.807) is 0 Å². The van der Waals surface area contributed by atoms with Crippen molar-refractivity contribution in [3.63, 3.8) is 0 Å². The zero-order valence-electron chi connectivity index (χ0n) is 8.73. The molecule has 0 aliphatic carbocycles. The first kappa shape index (κ1) is 12.1. The average molecular weight is 270 g/mol. The Balaban J connectivity index is 2.08. The Labute approximate surface area is 107 Å². The fraction of sp³-hybridized carbons (Fsp3) is 0.0909. The second-order valence-electron chi connectivity index (χ2n) is 3.27. The summed E-state index contributed by atoms with van der Waals surface area (Å²) >= 11 is 7.37. The van der Waals surface area contributed by atoms with Crippen molar-refractivity contribution >= 4 is 29.2 Å². The lowest BCUT2D eigenvalue weighted by atomic mass is 10.2. The van der Waals surface area contributed by atoms with Gasteiger partial charge in [-0.25, -0.2) is 14.4 Å². The molecular formula is C11H9ClFN3S. The Morgan fingerprint density at radius 1 is 1.35 bits per heavy atom. The molecule has 88 valence electrons. The second kappa shape index (κ2) is 5.33. The molecule has 2 rings (SSSR count). The van der Waals surface area contributed by atoms with Crippen LogP contribution in [0.15, 0.2) is 35.6 Å². The zero-order chi connectivity index (χ0) is 12.3. The molecule has 1 aromatic carbocycles. The number of aromatic nitrogens is 2. The molecule has 6 heteroatoms. The van der Waals surface area contributed by atoms with Crippen molar-refractivity contribution < 1.29 is 4.39 Å². The third-order valence-corrected chi connectivity index (χ3v) is 3.34. The number of halogens is 2. The lowest BCUT2D eigenvalue weighted by Crippen LogP contribution is -1.98. The molecule has 2 aromatic rings. The van der Waals surface area contributed by atoms with Crippen LogP contribution in [-0.4, -0.2) is 9.97 Å². The van der Waals surface area contributed by atoms with Crippen LogP contribution in [-0.2, 0) is 5.75 Å². The maximum absolute atomic E-state index is 12.8. The standard InChI is InChI=1S/C11H9ClFN3S/c12-8-4-2-1-3-7(8)6-17-11-15-5-9(13)10(14)16-11/h1-5H,6H2,(H2,14,15,16). The molecule has 1 heterocycles. The molecule has 0 fully saturated rings. The number of rotatable bonds is 3. The Morgan fingerprint density at radius 2 is 2.12 bits per heavy atom. The number of nitrogen functional groups attached to an aromatic ring is 1. The predicted molar refractivity (Wildman–Crippen MR) is 67.4 cm³/mol. The molecule has 3 nitrogen and oxygen atoms in total. The van der Waals surface area contributed by atoms with E-state index < -0.39 is 5.82 Å². The molecule has 1 aromatic heterocycles. The maximum atomic E-state index is 12.8. The van der Waals surface area contributed by atoms with E-state index in [9.17, 15) is 4.39 Å². The lowest BCUT2D eigenvalue weighted by molar-refractivity contribution is 0.612. The van der Waals surface area contributed by atoms with Gasteiger partial charge < -0.3 is 5.73 Å². The van der Waals surface area contributed by atoms with Crippen LogP contribution in [0, 0.1) is 5.82 Å². The van der Waals surface area contributed by atoms with Crippen LogP contribution in [0.4, 0.5) is 10.2 Å². The van der Waals surface area contributed by atoms with Gasteiger partial charge in [-0.1, -0.05) is 41.6 Å². The fourth-order valence-electron chi connectivity index (χ4n) is 1.19. The van der Waals surface area contributed by atoms with Crippen LogP contribution in [0.5, 0.6) is 0 Å². The number of nitrogens with two attached hydrogens (primary N) is 1. The summed E-state index contributed by atoms with van der Waals surface area (Å²) in [5.74, 6) is -0.126. The van der Waals surface area contributed by atoms with E-state index in [1.165, 1.54) is 11.8 Å². The van der Waals surface area contributed by atoms with E-state index in [1.807, 2.05) is 24.3 Å². The van der Waals surface area contributed by atoms with Gasteiger partial charge in [0, 0.05) is 10.8 Å². The van der Waals surface area contributed by atoms with Gasteiger partial charge in [0.15, 0.2) is 16.8 Å². The fourth-order valence-corrected chi connectivity index (χ4v) is 2.30. The molecule has 0 aliphatic heterocycles. The molecule has 0 atom stereocenters. The minimum absolute atomic E-state index is 0.137. The van der Waals surface area contributed by atoms with Crippen LogP contribution in [0.2, 0.25) is 5.02 Å². The molecular weight excluding hydrogens is 261 g/mol. The topological polar surface area (TPSA) is 51.8 Å². The van der Waals surface area contributed by atoms with Crippen LogP contribution < -0.4 is 5.73 Å². The lowest BCUT2D eigenvalue weighted by Gasteiger charge is -2.03. The molecule has 0 saturated carbocycles. The minimum atomic E-state index is -0.605. The van der Waals surface area contributed by atoms with Crippen molar-refractivity contribution in [2.24, 2.45) is 0 Å². The molecule has 0 aliphatic rings. The van der Waals surface area contributed by atoms with Crippen molar-refractivity contribution in [3.8, 4) is 0 Å². The van der Waals surface area contributed by atoms with Crippen LogP contribution >= 0.6 is 23.4 Å². The van der Waals surface area contributed by atoms with Crippen LogP contribution in [0.3, 0.4) is 0 Å². The van der Waals surface area contributed by atoms with E-state index in [0.717, 1.165) is 11.8 Å². The normalized spacial score (nSPS) is 10.5. The maximum Gasteiger partial charge on any atom is 0.190 e. The first-order valence-corrected chi connectivity index (χ1v) is 6.17. The molecule has 17 heavy (non-hydrogen) atoms. The number of nitrogens with zero attached hydrogens (tertiary/aromatic N) is 2. The number of hydrogen-bond donors (Lipinski definition) is 1. The Kier molecular flexibility index (Phi) is 3.81. The summed E-state index contributed by atoms with van der Waals surface area (Å²) in [6.45, 7) is 0. The third-order valence-electron chi connectivity index (χ3n) is 2.06. The van der Waals surface area contributed by atoms with E-state index in [4.69, 9.17) is 17.3 Å². The van der Waals surface area contributed by atoms with Crippen molar-refractivity contribution in [2.45, 2.75) is 10.9 Å². The monoisotopic (exact) mass is 269 g/mol. The summed E-state index contributed by atoms with van der Waals surface area (Å²) in [7, 11) is 0. The smallest absolute Gasteiger partial charge is 0.190 e. The van der Waals surface area contributed by atoms with Crippen LogP contribution in [0.25, 0.3) is 0 Å². The van der Waals surface area contributed by atoms with E-state index in [2.05, 4.69) is 9.97 Å². The van der Waals surface area contributed by atoms with Crippen molar-refractivity contribution in [1.29, 1.82) is 0 Å². The molecule has 0 amide bonds. The van der Waals surface area contributed by atoms with E-state index >= 15 is 0 Å². The number of thioether (sulfide) groups is 1. The van der Waals surface area contributed by atoms with Gasteiger partial charge in [0.2, 0.25) is 0 Å². The van der Waals surface area contributed by atoms with Gasteiger partial charge in [0.05, 0.1) is 6.20 Å². The largest absolute Gasteiger partial charge is 0.381 e. The van der Waals surface area contributed by atoms with Crippen molar-refractivity contribution in [1.82, 2.24) is 9.97 Å². The Morgan fingerprint density at radius 3 is 2.82 bits per heavy atom. The highest BCUT2D eigenvalue weighted by atomic mass is 35.5. The number of hydrogen-bond acceptors (Lipinski definition) is 4. The van der Waals surface area contributed by atoms with Crippen molar-refractivity contribution in [2.75, 3.05) is 5.73 Å². The highest BCUT2D eigenvalue weighted by molar-refractivity contribution is 7.98. The summed E-state index contributed by atoms with van der Waals surface area (Å²) in [4.78, 5) is 7.67. The summed E-state index contributed by atoms with van der Waals surface area (Å²) in [6, 6.07) is 7.50. The molecule has 0 radical (unpaired) electrons. The molecule has 0 bridgehead atoms. The van der Waals surface area contributed by atoms with Gasteiger partial charge in [-0.2, -0.15) is 0 Å². The van der Waals surface area contributed by atoms with Gasteiger partial charge in [-0.3, -0.25) is 0 Å². The Hall–Kier alpha value is -1.33. The second-order valence-corrected chi connectivity index (χ2v) is 4.62. The quantitative estimate of drug-likeness (QED) is 0.687. The first-order chi connectivity index (χ1) is 8.16. The summed E-state index contributed by atoms with van der Waals surface area (Å²) < 4.78 is 12.8. The molecule has 0 spiro atoms. The molecule has 0 unspecified atom stereocenters. The Bertz CT molecular complexity index is 536. The van der Waals surface area contributed by atoms with Gasteiger partial charge in [-0.15, -0.1) is 0 Å². The predicted octanol–water partition coefficient (Wildman–Crippen LogP) is 3.14. The third kappa shape index (κ3) is 3.08. The molecule has 2 N–H and O–H groups in total. The molecule has 0 saturated heterocycles.